The number of allylic oxidation sites excluding steroid dienone is 1. The number of nitrogens with two attached hydrogens (primary N) is 1. The predicted octanol–water partition coefficient (Wildman–Crippen LogP) is 2.41. The van der Waals surface area contributed by atoms with Crippen LogP contribution in [0.25, 0.3) is 5.57 Å². The Morgan fingerprint density at radius 1 is 1.40 bits per heavy atom. The van der Waals surface area contributed by atoms with Crippen molar-refractivity contribution in [1.29, 1.82) is 0 Å². The van der Waals surface area contributed by atoms with Crippen molar-refractivity contribution < 1.29 is 4.74 Å². The first-order chi connectivity index (χ1) is 6.85. The zero-order valence-corrected chi connectivity index (χ0v) is 9.64. The lowest BCUT2D eigenvalue weighted by Crippen LogP contribution is -2.08. The standard InChI is InChI=1S/C12H15NO.ClH/c1-14-11-5-6-12-9(7-11)3-2-4-10(12)8-13;/h4-7H,2-3,8,13H2,1H3;1H. The van der Waals surface area contributed by atoms with Gasteiger partial charge < -0.3 is 10.5 Å². The Labute approximate surface area is 96.5 Å². The van der Waals surface area contributed by atoms with Gasteiger partial charge in [-0.2, -0.15) is 0 Å². The Hall–Kier alpha value is -0.990. The zero-order chi connectivity index (χ0) is 9.97. The summed E-state index contributed by atoms with van der Waals surface area (Å²) in [4.78, 5) is 0. The van der Waals surface area contributed by atoms with Gasteiger partial charge in [0.1, 0.15) is 5.75 Å². The first kappa shape index (κ1) is 12.1. The van der Waals surface area contributed by atoms with Gasteiger partial charge in [0.05, 0.1) is 7.11 Å². The Bertz CT molecular complexity index is 374. The summed E-state index contributed by atoms with van der Waals surface area (Å²) in [7, 11) is 1.70. The van der Waals surface area contributed by atoms with Crippen LogP contribution in [0, 0.1) is 0 Å². The largest absolute Gasteiger partial charge is 0.497 e. The van der Waals surface area contributed by atoms with Crippen LogP contribution in [-0.4, -0.2) is 13.7 Å². The van der Waals surface area contributed by atoms with E-state index >= 15 is 0 Å². The molecule has 0 aromatic heterocycles. The Morgan fingerprint density at radius 2 is 2.20 bits per heavy atom. The van der Waals surface area contributed by atoms with Crippen LogP contribution in [0.3, 0.4) is 0 Å². The van der Waals surface area contributed by atoms with Gasteiger partial charge in [-0.3, -0.25) is 0 Å². The number of hydrogen-bond acceptors (Lipinski definition) is 2. The van der Waals surface area contributed by atoms with Crippen molar-refractivity contribution in [2.45, 2.75) is 12.8 Å². The molecule has 0 fully saturated rings. The highest BCUT2D eigenvalue weighted by molar-refractivity contribution is 5.85. The van der Waals surface area contributed by atoms with Crippen LogP contribution >= 0.6 is 12.4 Å². The second kappa shape index (κ2) is 5.19. The minimum Gasteiger partial charge on any atom is -0.497 e. The van der Waals surface area contributed by atoms with Gasteiger partial charge in [-0.05, 0) is 41.7 Å². The maximum atomic E-state index is 5.69. The van der Waals surface area contributed by atoms with Crippen molar-refractivity contribution >= 4 is 18.0 Å². The van der Waals surface area contributed by atoms with E-state index in [1.165, 1.54) is 16.7 Å². The van der Waals surface area contributed by atoms with Crippen molar-refractivity contribution in [3.8, 4) is 5.75 Å². The van der Waals surface area contributed by atoms with Gasteiger partial charge in [-0.25, -0.2) is 0 Å². The topological polar surface area (TPSA) is 35.2 Å². The number of methoxy groups -OCH3 is 1. The molecule has 0 unspecified atom stereocenters. The van der Waals surface area contributed by atoms with Gasteiger partial charge in [-0.15, -0.1) is 12.4 Å². The van der Waals surface area contributed by atoms with Crippen molar-refractivity contribution in [2.75, 3.05) is 13.7 Å². The highest BCUT2D eigenvalue weighted by Gasteiger charge is 2.11. The fourth-order valence-corrected chi connectivity index (χ4v) is 1.92. The van der Waals surface area contributed by atoms with Crippen LogP contribution in [0.2, 0.25) is 0 Å². The molecular formula is C12H16ClNO. The van der Waals surface area contributed by atoms with Crippen LogP contribution in [-0.2, 0) is 6.42 Å². The summed E-state index contributed by atoms with van der Waals surface area (Å²) < 4.78 is 5.20. The average molecular weight is 226 g/mol. The summed E-state index contributed by atoms with van der Waals surface area (Å²) in [6.45, 7) is 0.624. The predicted molar refractivity (Wildman–Crippen MR) is 65.6 cm³/mol. The molecule has 0 amide bonds. The Morgan fingerprint density at radius 3 is 2.87 bits per heavy atom. The van der Waals surface area contributed by atoms with E-state index in [1.54, 1.807) is 7.11 Å². The molecular weight excluding hydrogens is 210 g/mol. The summed E-state index contributed by atoms with van der Waals surface area (Å²) in [5.41, 5.74) is 9.59. The number of fused-ring (bicyclic) bond motifs is 1. The molecule has 1 aromatic rings. The Kier molecular flexibility index (Phi) is 4.18. The molecule has 0 aliphatic heterocycles. The van der Waals surface area contributed by atoms with Gasteiger partial charge in [-0.1, -0.05) is 12.1 Å². The third kappa shape index (κ3) is 2.33. The minimum atomic E-state index is 0. The van der Waals surface area contributed by atoms with E-state index < -0.39 is 0 Å². The molecule has 0 spiro atoms. The third-order valence-corrected chi connectivity index (χ3v) is 2.68. The molecule has 82 valence electrons. The molecule has 2 rings (SSSR count). The minimum absolute atomic E-state index is 0. The molecule has 3 heteroatoms. The van der Waals surface area contributed by atoms with Crippen LogP contribution in [0.5, 0.6) is 5.75 Å². The molecule has 2 nitrogen and oxygen atoms in total. The fourth-order valence-electron chi connectivity index (χ4n) is 1.92. The van der Waals surface area contributed by atoms with Crippen molar-refractivity contribution in [1.82, 2.24) is 0 Å². The summed E-state index contributed by atoms with van der Waals surface area (Å²) >= 11 is 0. The normalized spacial score (nSPS) is 13.6. The van der Waals surface area contributed by atoms with E-state index in [0.29, 0.717) is 6.54 Å². The van der Waals surface area contributed by atoms with Crippen LogP contribution in [0.1, 0.15) is 17.5 Å². The SMILES string of the molecule is COc1ccc2c(c1)CCC=C2CN.Cl. The van der Waals surface area contributed by atoms with Crippen molar-refractivity contribution in [2.24, 2.45) is 5.73 Å². The molecule has 1 aliphatic carbocycles. The molecule has 15 heavy (non-hydrogen) atoms. The lowest BCUT2D eigenvalue weighted by atomic mass is 9.91. The van der Waals surface area contributed by atoms with Gasteiger partial charge in [0.15, 0.2) is 0 Å². The number of rotatable bonds is 2. The molecule has 1 aromatic carbocycles. The van der Waals surface area contributed by atoms with E-state index in [4.69, 9.17) is 10.5 Å². The van der Waals surface area contributed by atoms with E-state index in [-0.39, 0.29) is 12.4 Å². The maximum Gasteiger partial charge on any atom is 0.119 e. The Balaban J connectivity index is 0.00000112. The molecule has 2 N–H and O–H groups in total. The van der Waals surface area contributed by atoms with E-state index in [9.17, 15) is 0 Å². The highest BCUT2D eigenvalue weighted by atomic mass is 35.5. The second-order valence-corrected chi connectivity index (χ2v) is 3.50. The fraction of sp³-hybridized carbons (Fsp3) is 0.333. The van der Waals surface area contributed by atoms with E-state index in [1.807, 2.05) is 6.07 Å². The number of aryl methyl sites for hydroxylation is 1. The average Bonchev–Trinajstić information content (AvgIpc) is 2.27. The zero-order valence-electron chi connectivity index (χ0n) is 8.82. The highest BCUT2D eigenvalue weighted by Crippen LogP contribution is 2.28. The summed E-state index contributed by atoms with van der Waals surface area (Å²) in [5, 5.41) is 0. The first-order valence-corrected chi connectivity index (χ1v) is 4.91. The molecule has 0 heterocycles. The first-order valence-electron chi connectivity index (χ1n) is 4.91. The lowest BCUT2D eigenvalue weighted by molar-refractivity contribution is 0.414. The molecule has 0 saturated heterocycles. The smallest absolute Gasteiger partial charge is 0.119 e. The van der Waals surface area contributed by atoms with E-state index in [2.05, 4.69) is 18.2 Å². The van der Waals surface area contributed by atoms with Crippen LogP contribution in [0.15, 0.2) is 24.3 Å². The number of benzene rings is 1. The lowest BCUT2D eigenvalue weighted by Gasteiger charge is -2.17. The third-order valence-electron chi connectivity index (χ3n) is 2.68. The summed E-state index contributed by atoms with van der Waals surface area (Å²) in [6, 6.07) is 6.21. The van der Waals surface area contributed by atoms with Crippen LogP contribution in [0.4, 0.5) is 0 Å². The van der Waals surface area contributed by atoms with Gasteiger partial charge >= 0.3 is 0 Å². The van der Waals surface area contributed by atoms with E-state index in [0.717, 1.165) is 18.6 Å². The van der Waals surface area contributed by atoms with Gasteiger partial charge in [0.25, 0.3) is 0 Å². The maximum absolute atomic E-state index is 5.69. The monoisotopic (exact) mass is 225 g/mol. The molecule has 1 aliphatic rings. The number of ether oxygens (including phenoxy) is 1. The van der Waals surface area contributed by atoms with Crippen molar-refractivity contribution in [3.05, 3.63) is 35.4 Å². The molecule has 0 bridgehead atoms. The summed E-state index contributed by atoms with van der Waals surface area (Å²) in [6.07, 6.45) is 4.41. The van der Waals surface area contributed by atoms with Gasteiger partial charge in [0.2, 0.25) is 0 Å². The van der Waals surface area contributed by atoms with Crippen molar-refractivity contribution in [3.63, 3.8) is 0 Å². The van der Waals surface area contributed by atoms with Crippen LogP contribution < -0.4 is 10.5 Å². The second-order valence-electron chi connectivity index (χ2n) is 3.50. The molecule has 0 saturated carbocycles. The number of hydrogen-bond donors (Lipinski definition) is 1. The van der Waals surface area contributed by atoms with Gasteiger partial charge in [0, 0.05) is 6.54 Å². The molecule has 0 atom stereocenters. The molecule has 0 radical (unpaired) electrons. The number of halogens is 1. The summed E-state index contributed by atoms with van der Waals surface area (Å²) in [5.74, 6) is 0.932. The quantitative estimate of drug-likeness (QED) is 0.839.